The van der Waals surface area contributed by atoms with Crippen molar-refractivity contribution in [3.05, 3.63) is 41.5 Å². The van der Waals surface area contributed by atoms with Crippen molar-refractivity contribution < 1.29 is 17.8 Å². The molecule has 0 amide bonds. The lowest BCUT2D eigenvalue weighted by Crippen LogP contribution is -2.06. The van der Waals surface area contributed by atoms with E-state index in [2.05, 4.69) is 0 Å². The average molecular weight is 250 g/mol. The lowest BCUT2D eigenvalue weighted by molar-refractivity contribution is 0.112. The van der Waals surface area contributed by atoms with E-state index < -0.39 is 10.1 Å². The van der Waals surface area contributed by atoms with Gasteiger partial charge in [-0.3, -0.25) is 9.35 Å². The summed E-state index contributed by atoms with van der Waals surface area (Å²) in [5.41, 5.74) is 0.358. The Morgan fingerprint density at radius 3 is 2.47 bits per heavy atom. The molecule has 2 rings (SSSR count). The molecule has 0 saturated heterocycles. The van der Waals surface area contributed by atoms with Crippen LogP contribution in [0.3, 0.4) is 0 Å². The lowest BCUT2D eigenvalue weighted by atomic mass is 10.0. The first kappa shape index (κ1) is 11.8. The molecule has 0 spiro atoms. The number of hydrogen-bond donors (Lipinski definition) is 1. The first-order chi connectivity index (χ1) is 7.95. The number of rotatable bonds is 2. The maximum absolute atomic E-state index is 11.3. The van der Waals surface area contributed by atoms with Crippen molar-refractivity contribution in [3.8, 4) is 0 Å². The van der Waals surface area contributed by atoms with E-state index in [0.29, 0.717) is 17.2 Å². The third-order valence-electron chi connectivity index (χ3n) is 2.60. The standard InChI is InChI=1S/C12H10O4S/c1-8-6-9-4-2-3-5-10(9)11(7-13)12(8)17(14,15)16/h2-7H,1H3,(H,14,15,16). The number of carbonyl (C=O) groups is 1. The van der Waals surface area contributed by atoms with Crippen LogP contribution in [0.5, 0.6) is 0 Å². The Labute approximate surface area is 98.6 Å². The normalized spacial score (nSPS) is 11.6. The van der Waals surface area contributed by atoms with Gasteiger partial charge in [-0.25, -0.2) is 0 Å². The molecule has 0 aliphatic heterocycles. The van der Waals surface area contributed by atoms with Crippen LogP contribution in [0, 0.1) is 6.92 Å². The second kappa shape index (κ2) is 3.94. The topological polar surface area (TPSA) is 71.4 Å². The molecule has 2 aromatic rings. The highest BCUT2D eigenvalue weighted by molar-refractivity contribution is 7.86. The zero-order valence-corrected chi connectivity index (χ0v) is 9.86. The molecule has 88 valence electrons. The summed E-state index contributed by atoms with van der Waals surface area (Å²) >= 11 is 0. The maximum atomic E-state index is 11.3. The Bertz CT molecular complexity index is 702. The van der Waals surface area contributed by atoms with Crippen LogP contribution in [0.15, 0.2) is 35.2 Å². The molecule has 0 radical (unpaired) electrons. The summed E-state index contributed by atoms with van der Waals surface area (Å²) in [6.45, 7) is 1.54. The van der Waals surface area contributed by atoms with Crippen LogP contribution < -0.4 is 0 Å². The fraction of sp³-hybridized carbons (Fsp3) is 0.0833. The van der Waals surface area contributed by atoms with Gasteiger partial charge < -0.3 is 0 Å². The molecule has 0 aliphatic rings. The summed E-state index contributed by atoms with van der Waals surface area (Å²) in [7, 11) is -4.40. The molecule has 0 bridgehead atoms. The summed E-state index contributed by atoms with van der Waals surface area (Å²) in [5, 5.41) is 1.28. The molecular formula is C12H10O4S. The molecule has 4 nitrogen and oxygen atoms in total. The summed E-state index contributed by atoms with van der Waals surface area (Å²) in [4.78, 5) is 10.8. The number of aldehydes is 1. The van der Waals surface area contributed by atoms with E-state index >= 15 is 0 Å². The Morgan fingerprint density at radius 1 is 1.24 bits per heavy atom. The van der Waals surface area contributed by atoms with Crippen molar-refractivity contribution in [1.29, 1.82) is 0 Å². The smallest absolute Gasteiger partial charge is 0.295 e. The van der Waals surface area contributed by atoms with Crippen LogP contribution in [-0.4, -0.2) is 19.3 Å². The van der Waals surface area contributed by atoms with Gasteiger partial charge in [0.25, 0.3) is 10.1 Å². The molecule has 1 N–H and O–H groups in total. The van der Waals surface area contributed by atoms with Crippen molar-refractivity contribution in [3.63, 3.8) is 0 Å². The molecule has 0 aliphatic carbocycles. The van der Waals surface area contributed by atoms with E-state index in [0.717, 1.165) is 5.39 Å². The Kier molecular flexibility index (Phi) is 2.73. The van der Waals surface area contributed by atoms with Crippen molar-refractivity contribution in [1.82, 2.24) is 0 Å². The van der Waals surface area contributed by atoms with E-state index in [1.165, 1.54) is 0 Å². The highest BCUT2D eigenvalue weighted by atomic mass is 32.2. The van der Waals surface area contributed by atoms with E-state index in [1.54, 1.807) is 37.3 Å². The molecule has 2 aromatic carbocycles. The average Bonchev–Trinajstić information content (AvgIpc) is 2.25. The zero-order chi connectivity index (χ0) is 12.6. The van der Waals surface area contributed by atoms with Gasteiger partial charge in [-0.15, -0.1) is 0 Å². The largest absolute Gasteiger partial charge is 0.298 e. The van der Waals surface area contributed by atoms with Gasteiger partial charge in [0, 0.05) is 5.56 Å². The molecule has 0 fully saturated rings. The number of aryl methyl sites for hydroxylation is 1. The van der Waals surface area contributed by atoms with Gasteiger partial charge in [-0.1, -0.05) is 30.3 Å². The SMILES string of the molecule is Cc1cc2ccccc2c(C=O)c1S(=O)(=O)O. The molecule has 17 heavy (non-hydrogen) atoms. The van der Waals surface area contributed by atoms with E-state index in [1.807, 2.05) is 0 Å². The van der Waals surface area contributed by atoms with Gasteiger partial charge in [-0.05, 0) is 23.3 Å². The fourth-order valence-electron chi connectivity index (χ4n) is 1.96. The Morgan fingerprint density at radius 2 is 1.88 bits per heavy atom. The minimum Gasteiger partial charge on any atom is -0.298 e. The monoisotopic (exact) mass is 250 g/mol. The van der Waals surface area contributed by atoms with Crippen LogP contribution in [-0.2, 0) is 10.1 Å². The zero-order valence-electron chi connectivity index (χ0n) is 9.04. The van der Waals surface area contributed by atoms with Gasteiger partial charge in [-0.2, -0.15) is 8.42 Å². The molecule has 0 unspecified atom stereocenters. The number of hydrogen-bond acceptors (Lipinski definition) is 3. The lowest BCUT2D eigenvalue weighted by Gasteiger charge is -2.09. The predicted molar refractivity (Wildman–Crippen MR) is 63.9 cm³/mol. The van der Waals surface area contributed by atoms with Gasteiger partial charge >= 0.3 is 0 Å². The first-order valence-electron chi connectivity index (χ1n) is 4.90. The van der Waals surface area contributed by atoms with Crippen LogP contribution >= 0.6 is 0 Å². The highest BCUT2D eigenvalue weighted by Crippen LogP contribution is 2.27. The van der Waals surface area contributed by atoms with Crippen LogP contribution in [0.1, 0.15) is 15.9 Å². The Hall–Kier alpha value is -1.72. The quantitative estimate of drug-likeness (QED) is 0.655. The van der Waals surface area contributed by atoms with Crippen molar-refractivity contribution in [2.24, 2.45) is 0 Å². The molecule has 0 atom stereocenters. The number of carbonyl (C=O) groups excluding carboxylic acids is 1. The van der Waals surface area contributed by atoms with E-state index in [9.17, 15) is 13.2 Å². The van der Waals surface area contributed by atoms with Crippen LogP contribution in [0.25, 0.3) is 10.8 Å². The minimum atomic E-state index is -4.40. The molecule has 0 saturated carbocycles. The first-order valence-corrected chi connectivity index (χ1v) is 6.34. The van der Waals surface area contributed by atoms with Crippen molar-refractivity contribution >= 4 is 27.2 Å². The molecule has 5 heteroatoms. The van der Waals surface area contributed by atoms with Crippen LogP contribution in [0.4, 0.5) is 0 Å². The molecular weight excluding hydrogens is 240 g/mol. The van der Waals surface area contributed by atoms with Crippen molar-refractivity contribution in [2.75, 3.05) is 0 Å². The number of fused-ring (bicyclic) bond motifs is 1. The summed E-state index contributed by atoms with van der Waals surface area (Å²) in [6, 6.07) is 8.56. The van der Waals surface area contributed by atoms with Gasteiger partial charge in [0.15, 0.2) is 6.29 Å². The maximum Gasteiger partial charge on any atom is 0.295 e. The summed E-state index contributed by atoms with van der Waals surface area (Å²) in [6.07, 6.45) is 0.457. The van der Waals surface area contributed by atoms with E-state index in [4.69, 9.17) is 4.55 Å². The summed E-state index contributed by atoms with van der Waals surface area (Å²) in [5.74, 6) is 0. The van der Waals surface area contributed by atoms with Gasteiger partial charge in [0.1, 0.15) is 4.90 Å². The Balaban J connectivity index is 3.04. The summed E-state index contributed by atoms with van der Waals surface area (Å²) < 4.78 is 31.7. The van der Waals surface area contributed by atoms with Crippen LogP contribution in [0.2, 0.25) is 0 Å². The van der Waals surface area contributed by atoms with Gasteiger partial charge in [0.2, 0.25) is 0 Å². The van der Waals surface area contributed by atoms with E-state index in [-0.39, 0.29) is 10.5 Å². The minimum absolute atomic E-state index is 0.00287. The molecule has 0 heterocycles. The highest BCUT2D eigenvalue weighted by Gasteiger charge is 2.20. The third kappa shape index (κ3) is 1.94. The van der Waals surface area contributed by atoms with Crippen molar-refractivity contribution in [2.45, 2.75) is 11.8 Å². The number of benzene rings is 2. The second-order valence-electron chi connectivity index (χ2n) is 3.75. The second-order valence-corrected chi connectivity index (χ2v) is 5.11. The third-order valence-corrected chi connectivity index (χ3v) is 3.66. The fourth-order valence-corrected chi connectivity index (χ4v) is 2.86. The predicted octanol–water partition coefficient (Wildman–Crippen LogP) is 2.21. The van der Waals surface area contributed by atoms with Gasteiger partial charge in [0.05, 0.1) is 0 Å². The molecule has 0 aromatic heterocycles.